The van der Waals surface area contributed by atoms with Gasteiger partial charge in [-0.2, -0.15) is 0 Å². The molecule has 3 N–H and O–H groups in total. The second-order valence-electron chi connectivity index (χ2n) is 4.07. The smallest absolute Gasteiger partial charge is 0.340 e. The first-order chi connectivity index (χ1) is 8.49. The number of hydrogen-bond donors (Lipinski definition) is 3. The van der Waals surface area contributed by atoms with E-state index < -0.39 is 18.4 Å². The van der Waals surface area contributed by atoms with Gasteiger partial charge in [-0.1, -0.05) is 20.8 Å². The third-order valence-corrected chi connectivity index (χ3v) is 2.26. The van der Waals surface area contributed by atoms with E-state index in [1.54, 1.807) is 0 Å². The van der Waals surface area contributed by atoms with Crippen molar-refractivity contribution in [2.24, 2.45) is 0 Å². The number of aliphatic hydroxyl groups excluding tert-OH is 1. The molecule has 0 aromatic heterocycles. The van der Waals surface area contributed by atoms with Gasteiger partial charge in [0.15, 0.2) is 0 Å². The van der Waals surface area contributed by atoms with Crippen LogP contribution < -0.4 is 0 Å². The predicted octanol–water partition coefficient (Wildman–Crippen LogP) is 0.593. The third-order valence-electron chi connectivity index (χ3n) is 2.26. The highest BCUT2D eigenvalue weighted by atomic mass is 16.9. The molecule has 0 aliphatic rings. The summed E-state index contributed by atoms with van der Waals surface area (Å²) in [6.07, 6.45) is 1.89. The molecule has 0 spiro atoms. The summed E-state index contributed by atoms with van der Waals surface area (Å²) in [4.78, 5) is 0. The van der Waals surface area contributed by atoms with Crippen LogP contribution in [0.1, 0.15) is 40.0 Å². The Hall–Kier alpha value is -0.240. The van der Waals surface area contributed by atoms with E-state index in [1.165, 1.54) is 0 Å². The molecule has 0 rings (SSSR count). The van der Waals surface area contributed by atoms with Crippen LogP contribution in [-0.4, -0.2) is 53.5 Å². The topological polar surface area (TPSA) is 88.4 Å². The molecule has 0 aliphatic heterocycles. The van der Waals surface area contributed by atoms with Gasteiger partial charge in [0.2, 0.25) is 0 Å². The molecule has 6 heteroatoms. The summed E-state index contributed by atoms with van der Waals surface area (Å²) in [6, 6.07) is 0. The van der Waals surface area contributed by atoms with Crippen molar-refractivity contribution in [1.29, 1.82) is 0 Å². The first kappa shape index (κ1) is 17.8. The molecule has 0 aromatic carbocycles. The van der Waals surface area contributed by atoms with Gasteiger partial charge >= 0.3 is 5.97 Å². The van der Waals surface area contributed by atoms with E-state index in [9.17, 15) is 15.3 Å². The average molecular weight is 266 g/mol. The maximum atomic E-state index is 10.2. The Morgan fingerprint density at radius 2 is 1.17 bits per heavy atom. The van der Waals surface area contributed by atoms with Crippen LogP contribution in [0, 0.1) is 0 Å². The summed E-state index contributed by atoms with van der Waals surface area (Å²) < 4.78 is 15.4. The van der Waals surface area contributed by atoms with Crippen molar-refractivity contribution < 1.29 is 29.5 Å². The molecule has 6 nitrogen and oxygen atoms in total. The van der Waals surface area contributed by atoms with Crippen molar-refractivity contribution in [1.82, 2.24) is 0 Å². The lowest BCUT2D eigenvalue weighted by atomic mass is 10.2. The summed E-state index contributed by atoms with van der Waals surface area (Å²) in [5.74, 6) is -4.64. The van der Waals surface area contributed by atoms with Crippen LogP contribution in [0.2, 0.25) is 0 Å². The van der Waals surface area contributed by atoms with Crippen LogP contribution in [0.25, 0.3) is 0 Å². The van der Waals surface area contributed by atoms with Crippen LogP contribution in [0.15, 0.2) is 0 Å². The zero-order valence-corrected chi connectivity index (χ0v) is 11.5. The summed E-state index contributed by atoms with van der Waals surface area (Å²) in [5, 5.41) is 29.6. The van der Waals surface area contributed by atoms with Gasteiger partial charge in [-0.05, 0) is 19.3 Å². The fourth-order valence-electron chi connectivity index (χ4n) is 1.26. The molecule has 18 heavy (non-hydrogen) atoms. The number of aliphatic hydroxyl groups is 3. The molecule has 0 fully saturated rings. The van der Waals surface area contributed by atoms with E-state index in [0.29, 0.717) is 19.3 Å². The summed E-state index contributed by atoms with van der Waals surface area (Å²) in [6.45, 7) is 5.25. The predicted molar refractivity (Wildman–Crippen MR) is 65.7 cm³/mol. The molecule has 1 atom stereocenters. The SMILES string of the molecule is CCCOC(O)(CO)C(O)(OCCC)OCCC. The van der Waals surface area contributed by atoms with Gasteiger partial charge in [0.1, 0.15) is 6.61 Å². The fourth-order valence-corrected chi connectivity index (χ4v) is 1.26. The van der Waals surface area contributed by atoms with Gasteiger partial charge in [-0.15, -0.1) is 0 Å². The molecular formula is C12H26O6. The van der Waals surface area contributed by atoms with Crippen molar-refractivity contribution in [2.75, 3.05) is 26.4 Å². The Kier molecular flexibility index (Phi) is 8.67. The molecule has 0 bridgehead atoms. The van der Waals surface area contributed by atoms with E-state index in [-0.39, 0.29) is 19.8 Å². The summed E-state index contributed by atoms with van der Waals surface area (Å²) >= 11 is 0. The van der Waals surface area contributed by atoms with Gasteiger partial charge in [0.05, 0.1) is 19.8 Å². The lowest BCUT2D eigenvalue weighted by molar-refractivity contribution is -0.484. The maximum Gasteiger partial charge on any atom is 0.340 e. The minimum Gasteiger partial charge on any atom is -0.390 e. The van der Waals surface area contributed by atoms with Crippen molar-refractivity contribution >= 4 is 0 Å². The Balaban J connectivity index is 4.84. The lowest BCUT2D eigenvalue weighted by Crippen LogP contribution is -2.62. The molecule has 0 amide bonds. The van der Waals surface area contributed by atoms with Crippen LogP contribution in [0.3, 0.4) is 0 Å². The maximum absolute atomic E-state index is 10.2. The van der Waals surface area contributed by atoms with Crippen molar-refractivity contribution in [2.45, 2.75) is 51.8 Å². The quantitative estimate of drug-likeness (QED) is 0.474. The van der Waals surface area contributed by atoms with Crippen LogP contribution in [0.4, 0.5) is 0 Å². The molecule has 0 aliphatic carbocycles. The number of hydrogen-bond acceptors (Lipinski definition) is 6. The van der Waals surface area contributed by atoms with Crippen molar-refractivity contribution in [3.63, 3.8) is 0 Å². The lowest BCUT2D eigenvalue weighted by Gasteiger charge is -2.40. The van der Waals surface area contributed by atoms with Gasteiger partial charge in [0, 0.05) is 0 Å². The zero-order chi connectivity index (χ0) is 14.1. The Morgan fingerprint density at radius 3 is 1.50 bits per heavy atom. The van der Waals surface area contributed by atoms with E-state index >= 15 is 0 Å². The molecular weight excluding hydrogens is 240 g/mol. The molecule has 0 saturated carbocycles. The highest BCUT2D eigenvalue weighted by Gasteiger charge is 2.54. The van der Waals surface area contributed by atoms with Crippen LogP contribution in [0.5, 0.6) is 0 Å². The number of ether oxygens (including phenoxy) is 3. The van der Waals surface area contributed by atoms with Gasteiger partial charge in [-0.25, -0.2) is 0 Å². The van der Waals surface area contributed by atoms with E-state index in [4.69, 9.17) is 14.2 Å². The minimum atomic E-state index is -2.36. The summed E-state index contributed by atoms with van der Waals surface area (Å²) in [7, 11) is 0. The monoisotopic (exact) mass is 266 g/mol. The van der Waals surface area contributed by atoms with Gasteiger partial charge < -0.3 is 29.5 Å². The van der Waals surface area contributed by atoms with Gasteiger partial charge in [0.25, 0.3) is 5.79 Å². The third kappa shape index (κ3) is 4.79. The molecule has 0 heterocycles. The standard InChI is InChI=1S/C12H26O6/c1-4-7-16-11(14,10-13)12(15,17-8-5-2)18-9-6-3/h13-15H,4-10H2,1-3H3. The van der Waals surface area contributed by atoms with Crippen molar-refractivity contribution in [3.8, 4) is 0 Å². The molecule has 0 saturated heterocycles. The molecule has 0 aromatic rings. The normalized spacial score (nSPS) is 15.7. The average Bonchev–Trinajstić information content (AvgIpc) is 2.39. The van der Waals surface area contributed by atoms with E-state index in [0.717, 1.165) is 0 Å². The van der Waals surface area contributed by atoms with E-state index in [2.05, 4.69) is 0 Å². The number of rotatable bonds is 11. The molecule has 1 unspecified atom stereocenters. The first-order valence-electron chi connectivity index (χ1n) is 6.47. The van der Waals surface area contributed by atoms with E-state index in [1.807, 2.05) is 20.8 Å². The zero-order valence-electron chi connectivity index (χ0n) is 11.5. The minimum absolute atomic E-state index is 0.171. The van der Waals surface area contributed by atoms with Gasteiger partial charge in [-0.3, -0.25) is 0 Å². The van der Waals surface area contributed by atoms with Crippen LogP contribution >= 0.6 is 0 Å². The van der Waals surface area contributed by atoms with Crippen molar-refractivity contribution in [3.05, 3.63) is 0 Å². The Morgan fingerprint density at radius 1 is 0.778 bits per heavy atom. The highest BCUT2D eigenvalue weighted by molar-refractivity contribution is 4.78. The fraction of sp³-hybridized carbons (Fsp3) is 1.00. The first-order valence-corrected chi connectivity index (χ1v) is 6.47. The largest absolute Gasteiger partial charge is 0.390 e. The summed E-state index contributed by atoms with van der Waals surface area (Å²) in [5.41, 5.74) is 0. The highest BCUT2D eigenvalue weighted by Crippen LogP contribution is 2.27. The Bertz CT molecular complexity index is 203. The second kappa shape index (κ2) is 8.79. The van der Waals surface area contributed by atoms with Crippen LogP contribution in [-0.2, 0) is 14.2 Å². The molecule has 0 radical (unpaired) electrons. The second-order valence-corrected chi connectivity index (χ2v) is 4.07. The molecule has 110 valence electrons. The Labute approximate surface area is 108 Å².